The number of benzene rings is 3. The molecular formula is C44H63N5O7. The lowest BCUT2D eigenvalue weighted by atomic mass is 9.95. The molecule has 0 fully saturated rings. The molecule has 6 N–H and O–H groups in total. The van der Waals surface area contributed by atoms with E-state index in [1.54, 1.807) is 20.8 Å². The van der Waals surface area contributed by atoms with Crippen molar-refractivity contribution in [3.05, 3.63) is 108 Å². The summed E-state index contributed by atoms with van der Waals surface area (Å²) in [6.45, 7) is 13.3. The Balaban J connectivity index is 1.78. The molecule has 0 aliphatic carbocycles. The van der Waals surface area contributed by atoms with Gasteiger partial charge in [0, 0.05) is 13.1 Å². The van der Waals surface area contributed by atoms with E-state index in [1.807, 2.05) is 119 Å². The number of nitrogens with one attached hydrogen (secondary N) is 4. The van der Waals surface area contributed by atoms with E-state index in [0.29, 0.717) is 25.8 Å². The second kappa shape index (κ2) is 22.7. The third-order valence-electron chi connectivity index (χ3n) is 8.97. The zero-order valence-electron chi connectivity index (χ0n) is 34.0. The van der Waals surface area contributed by atoms with E-state index >= 15 is 0 Å². The van der Waals surface area contributed by atoms with Crippen LogP contribution < -0.4 is 21.3 Å². The molecule has 5 atom stereocenters. The first kappa shape index (κ1) is 45.6. The summed E-state index contributed by atoms with van der Waals surface area (Å²) in [5.41, 5.74) is 1.88. The fourth-order valence-corrected chi connectivity index (χ4v) is 6.35. The number of alkyl carbamates (subject to hydrolysis) is 1. The molecule has 0 bridgehead atoms. The standard InChI is InChI=1S/C44H63N5O7/c1-30(2)23-36(39(50)27-40(51)47-37(24-31(3)4)41(52)45-28-34-21-15-10-16-22-34)48-42(53)38(26-33-19-13-9-14-20-33)49(55)29-35(25-32-17-11-8-12-18-32)46-43(54)56-44(5,6)7/h8-22,30-31,35-39,50,55H,23-29H2,1-7H3,(H,45,52)(H,46,54)(H,47,51)(H,48,53)/t35-,36-,37-,38-,39?/m0/s1. The zero-order valence-corrected chi connectivity index (χ0v) is 34.0. The first-order valence-electron chi connectivity index (χ1n) is 19.6. The van der Waals surface area contributed by atoms with Crippen LogP contribution in [0.1, 0.15) is 84.4 Å². The highest BCUT2D eigenvalue weighted by Gasteiger charge is 2.33. The van der Waals surface area contributed by atoms with E-state index in [0.717, 1.165) is 21.8 Å². The Labute approximate surface area is 332 Å². The van der Waals surface area contributed by atoms with Crippen molar-refractivity contribution in [1.29, 1.82) is 0 Å². The van der Waals surface area contributed by atoms with Gasteiger partial charge in [-0.15, -0.1) is 0 Å². The number of hydroxylamine groups is 2. The van der Waals surface area contributed by atoms with Crippen LogP contribution in [0.3, 0.4) is 0 Å². The molecule has 0 aliphatic heterocycles. The first-order chi connectivity index (χ1) is 26.5. The Kier molecular flexibility index (Phi) is 18.5. The third kappa shape index (κ3) is 17.3. The van der Waals surface area contributed by atoms with E-state index in [-0.39, 0.29) is 37.1 Å². The van der Waals surface area contributed by atoms with Crippen molar-refractivity contribution in [2.45, 2.75) is 123 Å². The maximum atomic E-state index is 14.2. The van der Waals surface area contributed by atoms with E-state index in [4.69, 9.17) is 4.74 Å². The maximum absolute atomic E-state index is 14.2. The minimum atomic E-state index is -1.29. The van der Waals surface area contributed by atoms with Gasteiger partial charge in [0.25, 0.3) is 0 Å². The molecule has 3 aromatic rings. The quantitative estimate of drug-likeness (QED) is 0.0766. The Bertz CT molecular complexity index is 1630. The maximum Gasteiger partial charge on any atom is 0.407 e. The molecule has 306 valence electrons. The summed E-state index contributed by atoms with van der Waals surface area (Å²) in [4.78, 5) is 53.7. The van der Waals surface area contributed by atoms with Gasteiger partial charge in [0.15, 0.2) is 0 Å². The second-order valence-electron chi connectivity index (χ2n) is 16.3. The minimum absolute atomic E-state index is 0.0292. The van der Waals surface area contributed by atoms with Gasteiger partial charge in [-0.05, 0) is 75.0 Å². The lowest BCUT2D eigenvalue weighted by molar-refractivity contribution is -0.158. The van der Waals surface area contributed by atoms with Crippen LogP contribution in [-0.2, 0) is 38.5 Å². The predicted molar refractivity (Wildman–Crippen MR) is 217 cm³/mol. The molecule has 0 aromatic heterocycles. The number of amides is 4. The van der Waals surface area contributed by atoms with Gasteiger partial charge in [0.2, 0.25) is 17.7 Å². The number of aliphatic hydroxyl groups is 1. The molecule has 12 nitrogen and oxygen atoms in total. The Morgan fingerprint density at radius 3 is 1.73 bits per heavy atom. The van der Waals surface area contributed by atoms with E-state index in [2.05, 4.69) is 21.3 Å². The van der Waals surface area contributed by atoms with Crippen molar-refractivity contribution in [3.63, 3.8) is 0 Å². The van der Waals surface area contributed by atoms with E-state index in [1.165, 1.54) is 0 Å². The average molecular weight is 774 g/mol. The van der Waals surface area contributed by atoms with Crippen LogP contribution in [0.5, 0.6) is 0 Å². The normalized spacial score (nSPS) is 14.4. The molecule has 3 rings (SSSR count). The second-order valence-corrected chi connectivity index (χ2v) is 16.3. The Morgan fingerprint density at radius 1 is 0.696 bits per heavy atom. The van der Waals surface area contributed by atoms with Crippen LogP contribution in [-0.4, -0.2) is 81.6 Å². The van der Waals surface area contributed by atoms with Gasteiger partial charge >= 0.3 is 6.09 Å². The molecule has 0 aliphatic rings. The molecule has 12 heteroatoms. The molecule has 0 saturated carbocycles. The van der Waals surface area contributed by atoms with Gasteiger partial charge in [-0.2, -0.15) is 5.06 Å². The number of ether oxygens (including phenoxy) is 1. The number of aliphatic hydroxyl groups excluding tert-OH is 1. The smallest absolute Gasteiger partial charge is 0.407 e. The number of carbonyl (C=O) groups excluding carboxylic acids is 4. The molecule has 3 aromatic carbocycles. The van der Waals surface area contributed by atoms with Crippen molar-refractivity contribution >= 4 is 23.8 Å². The Morgan fingerprint density at radius 2 is 1.21 bits per heavy atom. The summed E-state index contributed by atoms with van der Waals surface area (Å²) in [6, 6.07) is 24.7. The van der Waals surface area contributed by atoms with Crippen LogP contribution in [0, 0.1) is 11.8 Å². The van der Waals surface area contributed by atoms with Crippen molar-refractivity contribution < 1.29 is 34.2 Å². The highest BCUT2D eigenvalue weighted by Crippen LogP contribution is 2.17. The highest BCUT2D eigenvalue weighted by atomic mass is 16.6. The molecular weight excluding hydrogens is 711 g/mol. The van der Waals surface area contributed by atoms with Crippen molar-refractivity contribution in [2.24, 2.45) is 11.8 Å². The molecule has 4 amide bonds. The van der Waals surface area contributed by atoms with Gasteiger partial charge in [0.1, 0.15) is 17.7 Å². The fraction of sp³-hybridized carbons (Fsp3) is 0.500. The number of rotatable bonds is 21. The summed E-state index contributed by atoms with van der Waals surface area (Å²) in [5, 5.41) is 35.5. The first-order valence-corrected chi connectivity index (χ1v) is 19.6. The lowest BCUT2D eigenvalue weighted by Gasteiger charge is -2.32. The highest BCUT2D eigenvalue weighted by molar-refractivity contribution is 5.88. The number of hydrogen-bond acceptors (Lipinski definition) is 8. The summed E-state index contributed by atoms with van der Waals surface area (Å²) >= 11 is 0. The monoisotopic (exact) mass is 773 g/mol. The summed E-state index contributed by atoms with van der Waals surface area (Å²) in [6.07, 6.45) is -1.10. The zero-order chi connectivity index (χ0) is 41.3. The van der Waals surface area contributed by atoms with E-state index in [9.17, 15) is 29.5 Å². The summed E-state index contributed by atoms with van der Waals surface area (Å²) < 4.78 is 5.51. The summed E-state index contributed by atoms with van der Waals surface area (Å²) in [7, 11) is 0. The van der Waals surface area contributed by atoms with Crippen LogP contribution in [0.4, 0.5) is 4.79 Å². The topological polar surface area (TPSA) is 169 Å². The van der Waals surface area contributed by atoms with Crippen LogP contribution >= 0.6 is 0 Å². The molecule has 1 unspecified atom stereocenters. The fourth-order valence-electron chi connectivity index (χ4n) is 6.35. The van der Waals surface area contributed by atoms with Crippen molar-refractivity contribution in [1.82, 2.24) is 26.3 Å². The van der Waals surface area contributed by atoms with Crippen LogP contribution in [0.25, 0.3) is 0 Å². The van der Waals surface area contributed by atoms with Crippen LogP contribution in [0.2, 0.25) is 0 Å². The largest absolute Gasteiger partial charge is 0.444 e. The van der Waals surface area contributed by atoms with Crippen LogP contribution in [0.15, 0.2) is 91.0 Å². The molecule has 0 saturated heterocycles. The third-order valence-corrected chi connectivity index (χ3v) is 8.97. The molecule has 56 heavy (non-hydrogen) atoms. The molecule has 0 radical (unpaired) electrons. The summed E-state index contributed by atoms with van der Waals surface area (Å²) in [5.74, 6) is -1.27. The average Bonchev–Trinajstić information content (AvgIpc) is 3.12. The molecule has 0 spiro atoms. The van der Waals surface area contributed by atoms with Gasteiger partial charge in [-0.3, -0.25) is 14.4 Å². The van der Waals surface area contributed by atoms with Gasteiger partial charge in [0.05, 0.1) is 24.6 Å². The predicted octanol–water partition coefficient (Wildman–Crippen LogP) is 5.55. The van der Waals surface area contributed by atoms with Gasteiger partial charge in [-0.1, -0.05) is 119 Å². The van der Waals surface area contributed by atoms with Crippen molar-refractivity contribution in [2.75, 3.05) is 6.54 Å². The SMILES string of the molecule is CC(C)C[C@H](NC(=O)CC(O)[C@H](CC(C)C)NC(=O)[C@H](Cc1ccccc1)N(O)C[C@H](Cc1ccccc1)NC(=O)OC(C)(C)C)C(=O)NCc1ccccc1. The Hall–Kier alpha value is -4.78. The van der Waals surface area contributed by atoms with Gasteiger partial charge < -0.3 is 36.3 Å². The number of hydrogen-bond donors (Lipinski definition) is 6. The lowest BCUT2D eigenvalue weighted by Crippen LogP contribution is -2.56. The number of nitrogens with zero attached hydrogens (tertiary/aromatic N) is 1. The minimum Gasteiger partial charge on any atom is -0.444 e. The van der Waals surface area contributed by atoms with Crippen molar-refractivity contribution in [3.8, 4) is 0 Å². The van der Waals surface area contributed by atoms with E-state index < -0.39 is 53.8 Å². The molecule has 0 heterocycles. The number of carbonyl (C=O) groups is 4. The van der Waals surface area contributed by atoms with Gasteiger partial charge in [-0.25, -0.2) is 4.79 Å².